The fourth-order valence-electron chi connectivity index (χ4n) is 5.91. The van der Waals surface area contributed by atoms with Crippen LogP contribution in [0, 0.1) is 0 Å². The van der Waals surface area contributed by atoms with Crippen LogP contribution in [0.4, 0.5) is 0 Å². The maximum atomic E-state index is 14.2. The van der Waals surface area contributed by atoms with Gasteiger partial charge in [0.25, 0.3) is 0 Å². The second-order valence-corrected chi connectivity index (χ2v) is 11.7. The van der Waals surface area contributed by atoms with E-state index in [2.05, 4.69) is 22.2 Å². The fraction of sp³-hybridized carbons (Fsp3) is 0.333. The largest absolute Gasteiger partial charge is 0.497 e. The molecule has 1 aliphatic heterocycles. The summed E-state index contributed by atoms with van der Waals surface area (Å²) in [6.07, 6.45) is 5.58. The van der Waals surface area contributed by atoms with Crippen LogP contribution in [0.25, 0.3) is 0 Å². The van der Waals surface area contributed by atoms with E-state index in [0.29, 0.717) is 36.7 Å². The molecule has 1 aliphatic rings. The number of nitrogens with zero attached hydrogens (tertiary/aromatic N) is 2. The van der Waals surface area contributed by atoms with Gasteiger partial charge in [-0.25, -0.2) is 4.98 Å². The van der Waals surface area contributed by atoms with Crippen LogP contribution < -0.4 is 15.8 Å². The molecule has 0 bridgehead atoms. The van der Waals surface area contributed by atoms with Crippen molar-refractivity contribution in [3.05, 3.63) is 119 Å². The lowest BCUT2D eigenvalue weighted by molar-refractivity contribution is -0.175. The van der Waals surface area contributed by atoms with Crippen molar-refractivity contribution < 1.29 is 23.9 Å². The van der Waals surface area contributed by atoms with Crippen LogP contribution in [0.5, 0.6) is 5.75 Å². The molecule has 0 radical (unpaired) electrons. The SMILES string of the molecule is CCCCOC1(c2ccccc2)CN(C(=O)[C@H](Cc2ccc(OC)cc2)NC(=O)[C@@H](Cc2cnc[nH]2)c2ccccc2C(N)=O)C1. The summed E-state index contributed by atoms with van der Waals surface area (Å²) in [5.41, 5.74) is 8.42. The first-order valence-electron chi connectivity index (χ1n) is 15.6. The minimum absolute atomic E-state index is 0.210. The fourth-order valence-corrected chi connectivity index (χ4v) is 5.91. The lowest BCUT2D eigenvalue weighted by Crippen LogP contribution is -2.66. The number of methoxy groups -OCH3 is 1. The third kappa shape index (κ3) is 7.46. The van der Waals surface area contributed by atoms with E-state index < -0.39 is 29.4 Å². The Hall–Kier alpha value is -4.96. The quantitative estimate of drug-likeness (QED) is 0.170. The zero-order valence-corrected chi connectivity index (χ0v) is 26.3. The summed E-state index contributed by atoms with van der Waals surface area (Å²) in [6, 6.07) is 23.3. The number of primary amides is 1. The normalized spacial score (nSPS) is 15.0. The average molecular weight is 624 g/mol. The Morgan fingerprint density at radius 3 is 2.37 bits per heavy atom. The van der Waals surface area contributed by atoms with Gasteiger partial charge in [0, 0.05) is 36.9 Å². The van der Waals surface area contributed by atoms with Crippen molar-refractivity contribution in [2.24, 2.45) is 5.73 Å². The molecular formula is C36H41N5O5. The maximum Gasteiger partial charge on any atom is 0.249 e. The van der Waals surface area contributed by atoms with Gasteiger partial charge in [-0.3, -0.25) is 14.4 Å². The predicted octanol–water partition coefficient (Wildman–Crippen LogP) is 4.13. The number of aromatic nitrogens is 2. The van der Waals surface area contributed by atoms with Gasteiger partial charge in [0.15, 0.2) is 0 Å². The molecule has 4 N–H and O–H groups in total. The number of H-pyrrole nitrogens is 1. The number of nitrogens with one attached hydrogen (secondary N) is 2. The number of likely N-dealkylation sites (tertiary alicyclic amines) is 1. The van der Waals surface area contributed by atoms with E-state index in [-0.39, 0.29) is 24.3 Å². The second kappa shape index (κ2) is 14.9. The van der Waals surface area contributed by atoms with Gasteiger partial charge >= 0.3 is 0 Å². The predicted molar refractivity (Wildman–Crippen MR) is 174 cm³/mol. The summed E-state index contributed by atoms with van der Waals surface area (Å²) in [5, 5.41) is 3.05. The molecule has 3 aromatic carbocycles. The van der Waals surface area contributed by atoms with Gasteiger partial charge in [-0.2, -0.15) is 0 Å². The van der Waals surface area contributed by atoms with Gasteiger partial charge in [-0.1, -0.05) is 74.0 Å². The van der Waals surface area contributed by atoms with E-state index in [0.717, 1.165) is 24.0 Å². The number of hydrogen-bond acceptors (Lipinski definition) is 6. The van der Waals surface area contributed by atoms with Gasteiger partial charge in [0.1, 0.15) is 17.4 Å². The summed E-state index contributed by atoms with van der Waals surface area (Å²) >= 11 is 0. The third-order valence-electron chi connectivity index (χ3n) is 8.49. The van der Waals surface area contributed by atoms with Crippen LogP contribution in [0.2, 0.25) is 0 Å². The van der Waals surface area contributed by atoms with Crippen LogP contribution >= 0.6 is 0 Å². The summed E-state index contributed by atoms with van der Waals surface area (Å²) < 4.78 is 11.7. The van der Waals surface area contributed by atoms with E-state index in [4.69, 9.17) is 15.2 Å². The van der Waals surface area contributed by atoms with Crippen LogP contribution in [-0.2, 0) is 32.8 Å². The highest BCUT2D eigenvalue weighted by Crippen LogP contribution is 2.37. The van der Waals surface area contributed by atoms with Crippen LogP contribution in [0.3, 0.4) is 0 Å². The Labute approximate surface area is 269 Å². The number of ether oxygens (including phenoxy) is 2. The van der Waals surface area contributed by atoms with Crippen molar-refractivity contribution in [1.82, 2.24) is 20.2 Å². The second-order valence-electron chi connectivity index (χ2n) is 11.7. The number of nitrogens with two attached hydrogens (primary N) is 1. The Balaban J connectivity index is 1.43. The summed E-state index contributed by atoms with van der Waals surface area (Å²) in [7, 11) is 1.59. The highest BCUT2D eigenvalue weighted by atomic mass is 16.5. The molecule has 2 atom stereocenters. The van der Waals surface area contributed by atoms with E-state index in [1.54, 1.807) is 42.5 Å². The number of unbranched alkanes of at least 4 members (excludes halogenated alkanes) is 1. The van der Waals surface area contributed by atoms with Crippen molar-refractivity contribution in [2.45, 2.75) is 50.2 Å². The molecule has 0 spiro atoms. The van der Waals surface area contributed by atoms with Crippen molar-refractivity contribution >= 4 is 17.7 Å². The van der Waals surface area contributed by atoms with Crippen molar-refractivity contribution in [2.75, 3.05) is 26.8 Å². The Kier molecular flexibility index (Phi) is 10.5. The number of hydrogen-bond donors (Lipinski definition) is 3. The topological polar surface area (TPSA) is 140 Å². The smallest absolute Gasteiger partial charge is 0.249 e. The molecule has 46 heavy (non-hydrogen) atoms. The zero-order valence-electron chi connectivity index (χ0n) is 26.3. The van der Waals surface area contributed by atoms with Crippen LogP contribution in [0.1, 0.15) is 58.4 Å². The molecular weight excluding hydrogens is 582 g/mol. The van der Waals surface area contributed by atoms with Crippen LogP contribution in [-0.4, -0.2) is 65.4 Å². The van der Waals surface area contributed by atoms with Gasteiger partial charge in [0.2, 0.25) is 17.7 Å². The maximum absolute atomic E-state index is 14.2. The van der Waals surface area contributed by atoms with E-state index in [9.17, 15) is 14.4 Å². The Bertz CT molecular complexity index is 1600. The van der Waals surface area contributed by atoms with E-state index in [1.165, 1.54) is 6.33 Å². The molecule has 240 valence electrons. The molecule has 5 rings (SSSR count). The summed E-state index contributed by atoms with van der Waals surface area (Å²) in [5.74, 6) is -1.36. The van der Waals surface area contributed by atoms with Gasteiger partial charge < -0.3 is 30.4 Å². The molecule has 1 aromatic heterocycles. The first-order chi connectivity index (χ1) is 22.3. The molecule has 0 saturated carbocycles. The lowest BCUT2D eigenvalue weighted by Gasteiger charge is -2.51. The number of aromatic amines is 1. The molecule has 0 aliphatic carbocycles. The monoisotopic (exact) mass is 623 g/mol. The van der Waals surface area contributed by atoms with Crippen molar-refractivity contribution in [3.8, 4) is 5.75 Å². The highest BCUT2D eigenvalue weighted by molar-refractivity contribution is 5.98. The molecule has 4 aromatic rings. The first-order valence-corrected chi connectivity index (χ1v) is 15.6. The highest BCUT2D eigenvalue weighted by Gasteiger charge is 2.49. The standard InChI is InChI=1S/C36H41N5O5/c1-3-4-18-46-36(26-10-6-5-7-11-26)22-41(23-36)35(44)32(19-25-14-16-28(45-2)17-15-25)40-34(43)31(20-27-21-38-24-39-27)29-12-8-9-13-30(29)33(37)42/h5-17,21,24,31-32H,3-4,18-20,22-23H2,1-2H3,(H2,37,42)(H,38,39)(H,40,43)/t31-,32-/m0/s1. The summed E-state index contributed by atoms with van der Waals surface area (Å²) in [6.45, 7) is 3.45. The zero-order chi connectivity index (χ0) is 32.5. The molecule has 10 nitrogen and oxygen atoms in total. The van der Waals surface area contributed by atoms with Gasteiger partial charge in [-0.05, 0) is 41.3 Å². The van der Waals surface area contributed by atoms with Gasteiger partial charge in [0.05, 0.1) is 32.4 Å². The summed E-state index contributed by atoms with van der Waals surface area (Å²) in [4.78, 5) is 49.7. The molecule has 10 heteroatoms. The third-order valence-corrected chi connectivity index (χ3v) is 8.49. The molecule has 1 saturated heterocycles. The van der Waals surface area contributed by atoms with Crippen molar-refractivity contribution in [3.63, 3.8) is 0 Å². The number of amides is 3. The van der Waals surface area contributed by atoms with Gasteiger partial charge in [-0.15, -0.1) is 0 Å². The lowest BCUT2D eigenvalue weighted by atomic mass is 9.84. The molecule has 2 heterocycles. The first kappa shape index (κ1) is 32.4. The number of benzene rings is 3. The molecule has 1 fully saturated rings. The molecule has 3 amide bonds. The Morgan fingerprint density at radius 2 is 1.72 bits per heavy atom. The number of carbonyl (C=O) groups is 3. The van der Waals surface area contributed by atoms with Crippen LogP contribution in [0.15, 0.2) is 91.4 Å². The Morgan fingerprint density at radius 1 is 1.00 bits per heavy atom. The van der Waals surface area contributed by atoms with E-state index in [1.807, 2.05) is 54.6 Å². The number of rotatable bonds is 15. The minimum Gasteiger partial charge on any atom is -0.497 e. The number of imidazole rings is 1. The van der Waals surface area contributed by atoms with Crippen molar-refractivity contribution in [1.29, 1.82) is 0 Å². The van der Waals surface area contributed by atoms with E-state index >= 15 is 0 Å². The minimum atomic E-state index is -0.879. The number of carbonyl (C=O) groups excluding carboxylic acids is 3. The average Bonchev–Trinajstić information content (AvgIpc) is 3.58. The molecule has 0 unspecified atom stereocenters.